The number of nitrogens with zero attached hydrogens (tertiary/aromatic N) is 1. The molecule has 2 fully saturated rings. The molecule has 1 aliphatic carbocycles. The summed E-state index contributed by atoms with van der Waals surface area (Å²) in [7, 11) is 0. The van der Waals surface area contributed by atoms with Crippen LogP contribution < -0.4 is 5.73 Å². The molecule has 0 radical (unpaired) electrons. The first-order valence-corrected chi connectivity index (χ1v) is 7.08. The predicted octanol–water partition coefficient (Wildman–Crippen LogP) is 1.86. The minimum Gasteiger partial charge on any atom is -0.373 e. The summed E-state index contributed by atoms with van der Waals surface area (Å²) in [6, 6.07) is 0.414. The number of rotatable bonds is 2. The van der Waals surface area contributed by atoms with Gasteiger partial charge in [0.2, 0.25) is 0 Å². The van der Waals surface area contributed by atoms with E-state index < -0.39 is 0 Å². The molecule has 0 amide bonds. The minimum atomic E-state index is 0.0165. The smallest absolute Gasteiger partial charge is 0.0753 e. The van der Waals surface area contributed by atoms with Gasteiger partial charge in [0.1, 0.15) is 0 Å². The second-order valence-corrected chi connectivity index (χ2v) is 6.69. The highest BCUT2D eigenvalue weighted by Crippen LogP contribution is 2.29. The maximum atomic E-state index is 6.27. The van der Waals surface area contributed by atoms with Gasteiger partial charge in [0.15, 0.2) is 0 Å². The summed E-state index contributed by atoms with van der Waals surface area (Å²) in [5.41, 5.74) is 6.28. The number of ether oxygens (including phenoxy) is 1. The second kappa shape index (κ2) is 5.25. The highest BCUT2D eigenvalue weighted by molar-refractivity contribution is 4.86. The van der Waals surface area contributed by atoms with Crippen LogP contribution in [0, 0.1) is 11.8 Å². The monoisotopic (exact) mass is 240 g/mol. The van der Waals surface area contributed by atoms with Crippen molar-refractivity contribution in [2.45, 2.75) is 51.7 Å². The molecule has 100 valence electrons. The van der Waals surface area contributed by atoms with E-state index in [1.54, 1.807) is 0 Å². The number of hydrogen-bond donors (Lipinski definition) is 1. The Kier molecular flexibility index (Phi) is 4.11. The summed E-state index contributed by atoms with van der Waals surface area (Å²) in [5.74, 6) is 1.54. The SMILES string of the molecule is CC1CCC(N)C(CN2CCOC(C)(C)C2)C1. The molecule has 0 spiro atoms. The van der Waals surface area contributed by atoms with E-state index in [9.17, 15) is 0 Å². The van der Waals surface area contributed by atoms with Crippen LogP contribution in [0.15, 0.2) is 0 Å². The first kappa shape index (κ1) is 13.3. The van der Waals surface area contributed by atoms with Gasteiger partial charge in [0, 0.05) is 25.7 Å². The van der Waals surface area contributed by atoms with Crippen LogP contribution in [-0.4, -0.2) is 42.8 Å². The first-order chi connectivity index (χ1) is 7.96. The third kappa shape index (κ3) is 3.67. The van der Waals surface area contributed by atoms with E-state index in [4.69, 9.17) is 10.5 Å². The van der Waals surface area contributed by atoms with Crippen molar-refractivity contribution in [1.82, 2.24) is 4.90 Å². The molecule has 2 N–H and O–H groups in total. The van der Waals surface area contributed by atoms with Crippen LogP contribution >= 0.6 is 0 Å². The molecule has 3 heteroatoms. The zero-order valence-corrected chi connectivity index (χ0v) is 11.6. The van der Waals surface area contributed by atoms with E-state index in [1.165, 1.54) is 19.3 Å². The molecule has 1 saturated carbocycles. The molecule has 0 aromatic heterocycles. The molecule has 3 nitrogen and oxygen atoms in total. The molecule has 1 saturated heterocycles. The van der Waals surface area contributed by atoms with E-state index >= 15 is 0 Å². The van der Waals surface area contributed by atoms with E-state index in [2.05, 4.69) is 25.7 Å². The van der Waals surface area contributed by atoms with Gasteiger partial charge >= 0.3 is 0 Å². The van der Waals surface area contributed by atoms with Gasteiger partial charge in [0.05, 0.1) is 12.2 Å². The number of morpholine rings is 1. The molecular weight excluding hydrogens is 212 g/mol. The maximum absolute atomic E-state index is 6.27. The predicted molar refractivity (Wildman–Crippen MR) is 71.0 cm³/mol. The molecule has 2 aliphatic rings. The zero-order valence-electron chi connectivity index (χ0n) is 11.6. The quantitative estimate of drug-likeness (QED) is 0.800. The fourth-order valence-corrected chi connectivity index (χ4v) is 3.33. The molecule has 2 rings (SSSR count). The Balaban J connectivity index is 1.87. The summed E-state index contributed by atoms with van der Waals surface area (Å²) in [5, 5.41) is 0. The lowest BCUT2D eigenvalue weighted by Crippen LogP contribution is -2.52. The minimum absolute atomic E-state index is 0.0165. The van der Waals surface area contributed by atoms with Gasteiger partial charge in [-0.15, -0.1) is 0 Å². The van der Waals surface area contributed by atoms with Gasteiger partial charge in [-0.05, 0) is 44.9 Å². The van der Waals surface area contributed by atoms with Gasteiger partial charge < -0.3 is 10.5 Å². The van der Waals surface area contributed by atoms with Gasteiger partial charge in [-0.2, -0.15) is 0 Å². The number of nitrogens with two attached hydrogens (primary N) is 1. The van der Waals surface area contributed by atoms with Gasteiger partial charge in [0.25, 0.3) is 0 Å². The third-order valence-electron chi connectivity index (χ3n) is 4.30. The number of hydrogen-bond acceptors (Lipinski definition) is 3. The topological polar surface area (TPSA) is 38.5 Å². The van der Waals surface area contributed by atoms with Crippen molar-refractivity contribution in [3.63, 3.8) is 0 Å². The van der Waals surface area contributed by atoms with Crippen molar-refractivity contribution in [2.24, 2.45) is 17.6 Å². The van der Waals surface area contributed by atoms with Crippen LogP contribution in [0.25, 0.3) is 0 Å². The Morgan fingerprint density at radius 1 is 1.35 bits per heavy atom. The Morgan fingerprint density at radius 3 is 2.82 bits per heavy atom. The standard InChI is InChI=1S/C14H28N2O/c1-11-4-5-13(15)12(8-11)9-16-6-7-17-14(2,3)10-16/h11-13H,4-10,15H2,1-3H3. The average Bonchev–Trinajstić information content (AvgIpc) is 2.22. The molecule has 1 heterocycles. The lowest BCUT2D eigenvalue weighted by atomic mass is 9.79. The highest BCUT2D eigenvalue weighted by atomic mass is 16.5. The van der Waals surface area contributed by atoms with Crippen LogP contribution in [-0.2, 0) is 4.74 Å². The van der Waals surface area contributed by atoms with Crippen LogP contribution in [0.5, 0.6) is 0 Å². The lowest BCUT2D eigenvalue weighted by Gasteiger charge is -2.42. The molecule has 3 atom stereocenters. The largest absolute Gasteiger partial charge is 0.373 e. The molecule has 1 aliphatic heterocycles. The fraction of sp³-hybridized carbons (Fsp3) is 1.00. The van der Waals surface area contributed by atoms with E-state index in [1.807, 2.05) is 0 Å². The Bertz CT molecular complexity index is 255. The van der Waals surface area contributed by atoms with Crippen LogP contribution in [0.3, 0.4) is 0 Å². The highest BCUT2D eigenvalue weighted by Gasteiger charge is 2.32. The summed E-state index contributed by atoms with van der Waals surface area (Å²) >= 11 is 0. The molecule has 0 aromatic rings. The summed E-state index contributed by atoms with van der Waals surface area (Å²) in [6.07, 6.45) is 3.82. The molecule has 3 unspecified atom stereocenters. The summed E-state index contributed by atoms with van der Waals surface area (Å²) in [4.78, 5) is 2.55. The zero-order chi connectivity index (χ0) is 12.5. The van der Waals surface area contributed by atoms with Crippen molar-refractivity contribution in [2.75, 3.05) is 26.2 Å². The Hall–Kier alpha value is -0.120. The van der Waals surface area contributed by atoms with Crippen molar-refractivity contribution >= 4 is 0 Å². The molecule has 0 aromatic carbocycles. The first-order valence-electron chi connectivity index (χ1n) is 7.08. The van der Waals surface area contributed by atoms with Crippen LogP contribution in [0.4, 0.5) is 0 Å². The molecule has 17 heavy (non-hydrogen) atoms. The van der Waals surface area contributed by atoms with E-state index in [0.717, 1.165) is 32.2 Å². The lowest BCUT2D eigenvalue weighted by molar-refractivity contribution is -0.0908. The van der Waals surface area contributed by atoms with E-state index in [0.29, 0.717) is 12.0 Å². The van der Waals surface area contributed by atoms with Crippen molar-refractivity contribution in [3.05, 3.63) is 0 Å². The van der Waals surface area contributed by atoms with Crippen molar-refractivity contribution in [3.8, 4) is 0 Å². The maximum Gasteiger partial charge on any atom is 0.0753 e. The fourth-order valence-electron chi connectivity index (χ4n) is 3.33. The second-order valence-electron chi connectivity index (χ2n) is 6.69. The third-order valence-corrected chi connectivity index (χ3v) is 4.30. The molecule has 0 bridgehead atoms. The molecular formula is C14H28N2O. The van der Waals surface area contributed by atoms with Gasteiger partial charge in [-0.25, -0.2) is 0 Å². The Labute approximate surface area is 106 Å². The Morgan fingerprint density at radius 2 is 2.12 bits per heavy atom. The van der Waals surface area contributed by atoms with E-state index in [-0.39, 0.29) is 5.60 Å². The van der Waals surface area contributed by atoms with Crippen LogP contribution in [0.2, 0.25) is 0 Å². The van der Waals surface area contributed by atoms with Crippen molar-refractivity contribution in [1.29, 1.82) is 0 Å². The van der Waals surface area contributed by atoms with Crippen LogP contribution in [0.1, 0.15) is 40.0 Å². The average molecular weight is 240 g/mol. The summed E-state index contributed by atoms with van der Waals surface area (Å²) < 4.78 is 5.76. The normalized spacial score (nSPS) is 39.2. The van der Waals surface area contributed by atoms with Crippen molar-refractivity contribution < 1.29 is 4.74 Å². The van der Waals surface area contributed by atoms with Gasteiger partial charge in [-0.3, -0.25) is 4.90 Å². The van der Waals surface area contributed by atoms with Gasteiger partial charge in [-0.1, -0.05) is 6.92 Å². The summed E-state index contributed by atoms with van der Waals surface area (Å²) in [6.45, 7) is 10.9.